The van der Waals surface area contributed by atoms with E-state index < -0.39 is 0 Å². The number of hydrogen-bond donors (Lipinski definition) is 1. The van der Waals surface area contributed by atoms with Gasteiger partial charge in [-0.2, -0.15) is 0 Å². The van der Waals surface area contributed by atoms with Crippen molar-refractivity contribution in [3.05, 3.63) is 72.7 Å². The fraction of sp³-hybridized carbons (Fsp3) is 0.174. The van der Waals surface area contributed by atoms with E-state index >= 15 is 0 Å². The van der Waals surface area contributed by atoms with Crippen LogP contribution in [0, 0.1) is 0 Å². The number of anilines is 1. The first kappa shape index (κ1) is 19.4. The number of rotatable bonds is 7. The lowest BCUT2D eigenvalue weighted by atomic mass is 10.1. The molecular weight excluding hydrogens is 380 g/mol. The van der Waals surface area contributed by atoms with Crippen LogP contribution in [0.4, 0.5) is 5.82 Å². The third-order valence-corrected chi connectivity index (χ3v) is 4.60. The van der Waals surface area contributed by atoms with Gasteiger partial charge in [0.25, 0.3) is 0 Å². The zero-order valence-electron chi connectivity index (χ0n) is 16.8. The van der Waals surface area contributed by atoms with Crippen molar-refractivity contribution in [2.24, 2.45) is 0 Å². The molecule has 1 N–H and O–H groups in total. The Bertz CT molecular complexity index is 1190. The van der Waals surface area contributed by atoms with E-state index in [0.29, 0.717) is 18.1 Å². The summed E-state index contributed by atoms with van der Waals surface area (Å²) < 4.78 is 12.6. The average Bonchev–Trinajstić information content (AvgIpc) is 3.16. The minimum atomic E-state index is -0.137. The largest absolute Gasteiger partial charge is 0.497 e. The molecule has 152 valence electrons. The first-order chi connectivity index (χ1) is 14.7. The van der Waals surface area contributed by atoms with E-state index in [1.165, 1.54) is 0 Å². The average molecular weight is 402 g/mol. The zero-order chi connectivity index (χ0) is 20.9. The second-order valence-corrected chi connectivity index (χ2v) is 6.68. The molecule has 0 unspecified atom stereocenters. The molecule has 4 rings (SSSR count). The van der Waals surface area contributed by atoms with Crippen LogP contribution in [0.3, 0.4) is 0 Å². The third kappa shape index (κ3) is 4.25. The number of amides is 1. The highest BCUT2D eigenvalue weighted by Gasteiger charge is 2.11. The Hall–Kier alpha value is -3.87. The predicted octanol–water partition coefficient (Wildman–Crippen LogP) is 3.98. The van der Waals surface area contributed by atoms with Crippen molar-refractivity contribution in [2.75, 3.05) is 19.0 Å². The molecule has 0 aliphatic carbocycles. The van der Waals surface area contributed by atoms with Gasteiger partial charge in [0.05, 0.1) is 38.2 Å². The van der Waals surface area contributed by atoms with Gasteiger partial charge in [0, 0.05) is 11.8 Å². The topological polar surface area (TPSA) is 77.8 Å². The lowest BCUT2D eigenvalue weighted by Gasteiger charge is -2.08. The molecule has 2 aromatic heterocycles. The Labute approximate surface area is 174 Å². The number of nitrogens with one attached hydrogen (secondary N) is 1. The first-order valence-corrected chi connectivity index (χ1v) is 9.65. The lowest BCUT2D eigenvalue weighted by Crippen LogP contribution is -2.15. The number of ether oxygens (including phenoxy) is 2. The number of benzene rings is 2. The van der Waals surface area contributed by atoms with E-state index in [-0.39, 0.29) is 12.3 Å². The Kier molecular flexibility index (Phi) is 5.61. The highest BCUT2D eigenvalue weighted by atomic mass is 16.5. The van der Waals surface area contributed by atoms with Crippen molar-refractivity contribution in [1.29, 1.82) is 0 Å². The molecule has 30 heavy (non-hydrogen) atoms. The van der Waals surface area contributed by atoms with Crippen LogP contribution in [0.1, 0.15) is 12.5 Å². The molecule has 0 radical (unpaired) electrons. The van der Waals surface area contributed by atoms with Crippen LogP contribution >= 0.6 is 0 Å². The van der Waals surface area contributed by atoms with Gasteiger partial charge in [0.2, 0.25) is 5.91 Å². The highest BCUT2D eigenvalue weighted by molar-refractivity contribution is 5.92. The smallest absolute Gasteiger partial charge is 0.229 e. The summed E-state index contributed by atoms with van der Waals surface area (Å²) in [6, 6.07) is 15.2. The molecule has 7 heteroatoms. The van der Waals surface area contributed by atoms with Gasteiger partial charge in [-0.05, 0) is 36.8 Å². The summed E-state index contributed by atoms with van der Waals surface area (Å²) in [5.74, 6) is 1.96. The highest BCUT2D eigenvalue weighted by Crippen LogP contribution is 2.24. The van der Waals surface area contributed by atoms with E-state index in [2.05, 4.69) is 15.3 Å². The number of imidazole rings is 1. The van der Waals surface area contributed by atoms with E-state index in [4.69, 9.17) is 9.47 Å². The van der Waals surface area contributed by atoms with Crippen LogP contribution in [-0.4, -0.2) is 34.0 Å². The van der Waals surface area contributed by atoms with Crippen LogP contribution in [0.5, 0.6) is 11.5 Å². The second kappa shape index (κ2) is 8.65. The normalized spacial score (nSPS) is 10.7. The first-order valence-electron chi connectivity index (χ1n) is 9.65. The minimum Gasteiger partial charge on any atom is -0.497 e. The maximum Gasteiger partial charge on any atom is 0.229 e. The number of fused-ring (bicyclic) bond motifs is 1. The molecule has 0 fully saturated rings. The molecule has 0 aliphatic rings. The van der Waals surface area contributed by atoms with Gasteiger partial charge in [0.15, 0.2) is 5.65 Å². The molecule has 2 aromatic carbocycles. The van der Waals surface area contributed by atoms with E-state index in [1.807, 2.05) is 66.1 Å². The van der Waals surface area contributed by atoms with Gasteiger partial charge in [-0.25, -0.2) is 4.98 Å². The number of methoxy groups -OCH3 is 1. The lowest BCUT2D eigenvalue weighted by molar-refractivity contribution is -0.115. The summed E-state index contributed by atoms with van der Waals surface area (Å²) in [5.41, 5.74) is 3.20. The summed E-state index contributed by atoms with van der Waals surface area (Å²) in [6.45, 7) is 2.55. The Morgan fingerprint density at radius 1 is 1.07 bits per heavy atom. The number of nitrogens with zero attached hydrogens (tertiary/aromatic N) is 3. The molecule has 2 heterocycles. The fourth-order valence-corrected chi connectivity index (χ4v) is 3.20. The second-order valence-electron chi connectivity index (χ2n) is 6.68. The molecule has 0 atom stereocenters. The molecule has 7 nitrogen and oxygen atoms in total. The molecule has 0 saturated carbocycles. The van der Waals surface area contributed by atoms with Gasteiger partial charge in [0.1, 0.15) is 17.3 Å². The number of hydrogen-bond acceptors (Lipinski definition) is 5. The van der Waals surface area contributed by atoms with Gasteiger partial charge >= 0.3 is 0 Å². The Balaban J connectivity index is 1.57. The SMILES string of the molecule is CCOc1cccc(-c2cn3c(NC(=O)Cc4cccc(OC)c4)cnc3cn2)c1. The standard InChI is InChI=1S/C23H22N4O3/c1-3-30-19-9-5-7-17(12-19)20-15-27-21(13-24-20)25-14-22(27)26-23(28)11-16-6-4-8-18(10-16)29-2/h4-10,12-15H,3,11H2,1-2H3,(H,26,28). The van der Waals surface area contributed by atoms with Crippen LogP contribution < -0.4 is 14.8 Å². The fourth-order valence-electron chi connectivity index (χ4n) is 3.20. The van der Waals surface area contributed by atoms with Crippen LogP contribution in [0.15, 0.2) is 67.1 Å². The maximum atomic E-state index is 12.6. The molecule has 0 bridgehead atoms. The van der Waals surface area contributed by atoms with Gasteiger partial charge in [-0.3, -0.25) is 14.2 Å². The molecule has 1 amide bonds. The van der Waals surface area contributed by atoms with E-state index in [1.54, 1.807) is 19.5 Å². The van der Waals surface area contributed by atoms with Crippen LogP contribution in [0.25, 0.3) is 16.9 Å². The van der Waals surface area contributed by atoms with E-state index in [9.17, 15) is 4.79 Å². The summed E-state index contributed by atoms with van der Waals surface area (Å²) in [5, 5.41) is 2.93. The predicted molar refractivity (Wildman–Crippen MR) is 115 cm³/mol. The minimum absolute atomic E-state index is 0.137. The monoisotopic (exact) mass is 402 g/mol. The molecule has 0 aliphatic heterocycles. The maximum absolute atomic E-state index is 12.6. The van der Waals surface area contributed by atoms with Gasteiger partial charge in [-0.1, -0.05) is 24.3 Å². The zero-order valence-corrected chi connectivity index (χ0v) is 16.8. The summed E-state index contributed by atoms with van der Waals surface area (Å²) in [4.78, 5) is 21.4. The van der Waals surface area contributed by atoms with Crippen molar-refractivity contribution in [2.45, 2.75) is 13.3 Å². The van der Waals surface area contributed by atoms with Crippen molar-refractivity contribution in [3.63, 3.8) is 0 Å². The molecular formula is C23H22N4O3. The molecule has 0 saturated heterocycles. The number of aromatic nitrogens is 3. The number of carbonyl (C=O) groups excluding carboxylic acids is 1. The number of carbonyl (C=O) groups is 1. The Morgan fingerprint density at radius 2 is 1.90 bits per heavy atom. The molecule has 4 aromatic rings. The third-order valence-electron chi connectivity index (χ3n) is 4.60. The Morgan fingerprint density at radius 3 is 2.73 bits per heavy atom. The van der Waals surface area contributed by atoms with Crippen LogP contribution in [-0.2, 0) is 11.2 Å². The van der Waals surface area contributed by atoms with Gasteiger partial charge < -0.3 is 14.8 Å². The summed E-state index contributed by atoms with van der Waals surface area (Å²) >= 11 is 0. The summed E-state index contributed by atoms with van der Waals surface area (Å²) in [7, 11) is 1.60. The quantitative estimate of drug-likeness (QED) is 0.506. The van der Waals surface area contributed by atoms with Crippen molar-refractivity contribution >= 4 is 17.4 Å². The van der Waals surface area contributed by atoms with E-state index in [0.717, 1.165) is 28.3 Å². The summed E-state index contributed by atoms with van der Waals surface area (Å²) in [6.07, 6.45) is 5.40. The van der Waals surface area contributed by atoms with Crippen molar-refractivity contribution in [1.82, 2.24) is 14.4 Å². The van der Waals surface area contributed by atoms with Gasteiger partial charge in [-0.15, -0.1) is 0 Å². The van der Waals surface area contributed by atoms with Crippen molar-refractivity contribution in [3.8, 4) is 22.8 Å². The molecule has 0 spiro atoms. The van der Waals surface area contributed by atoms with Crippen molar-refractivity contribution < 1.29 is 14.3 Å². The van der Waals surface area contributed by atoms with Crippen LogP contribution in [0.2, 0.25) is 0 Å².